The van der Waals surface area contributed by atoms with Crippen LogP contribution < -0.4 is 5.73 Å². The second-order valence-corrected chi connectivity index (χ2v) is 6.01. The minimum atomic E-state index is -0.795. The van der Waals surface area contributed by atoms with Crippen LogP contribution in [0.4, 0.5) is 0 Å². The highest BCUT2D eigenvalue weighted by molar-refractivity contribution is 6.07. The number of carbonyl (C=O) groups is 1. The van der Waals surface area contributed by atoms with Gasteiger partial charge in [0, 0.05) is 13.1 Å². The lowest BCUT2D eigenvalue weighted by Gasteiger charge is -2.45. The molecule has 0 aromatic heterocycles. The summed E-state index contributed by atoms with van der Waals surface area (Å²) in [4.78, 5) is 14.6. The summed E-state index contributed by atoms with van der Waals surface area (Å²) in [6, 6.07) is 8.05. The first-order chi connectivity index (χ1) is 9.56. The summed E-state index contributed by atoms with van der Waals surface area (Å²) in [5.41, 5.74) is 7.37. The number of oxime groups is 1. The third kappa shape index (κ3) is 1.77. The fourth-order valence-corrected chi connectivity index (χ4v) is 3.50. The molecule has 0 radical (unpaired) electrons. The summed E-state index contributed by atoms with van der Waals surface area (Å²) in [6.07, 6.45) is 1.32. The van der Waals surface area contributed by atoms with Crippen molar-refractivity contribution in [3.05, 3.63) is 35.4 Å². The first kappa shape index (κ1) is 13.0. The molecule has 0 saturated heterocycles. The monoisotopic (exact) mass is 273 g/mol. The van der Waals surface area contributed by atoms with E-state index in [9.17, 15) is 4.79 Å². The molecule has 0 bridgehead atoms. The Bertz CT molecular complexity index is 551. The largest absolute Gasteiger partial charge is 0.409 e. The van der Waals surface area contributed by atoms with Crippen LogP contribution in [-0.2, 0) is 17.9 Å². The van der Waals surface area contributed by atoms with E-state index in [1.54, 1.807) is 0 Å². The zero-order valence-electron chi connectivity index (χ0n) is 11.5. The van der Waals surface area contributed by atoms with Crippen LogP contribution in [0.25, 0.3) is 0 Å². The van der Waals surface area contributed by atoms with Crippen LogP contribution in [0, 0.1) is 11.3 Å². The summed E-state index contributed by atoms with van der Waals surface area (Å²) in [5.74, 6) is 0.475. The van der Waals surface area contributed by atoms with Crippen molar-refractivity contribution in [1.82, 2.24) is 4.90 Å². The van der Waals surface area contributed by atoms with Crippen molar-refractivity contribution in [2.45, 2.75) is 32.9 Å². The second kappa shape index (κ2) is 4.51. The summed E-state index contributed by atoms with van der Waals surface area (Å²) in [7, 11) is 0. The maximum atomic E-state index is 12.8. The summed E-state index contributed by atoms with van der Waals surface area (Å²) in [6.45, 7) is 3.31. The molecule has 5 nitrogen and oxygen atoms in total. The van der Waals surface area contributed by atoms with Crippen molar-refractivity contribution in [1.29, 1.82) is 0 Å². The molecule has 1 aliphatic heterocycles. The summed E-state index contributed by atoms with van der Waals surface area (Å²) < 4.78 is 0. The Hall–Kier alpha value is -2.04. The van der Waals surface area contributed by atoms with Gasteiger partial charge in [-0.1, -0.05) is 36.3 Å². The average molecular weight is 273 g/mol. The van der Waals surface area contributed by atoms with Gasteiger partial charge in [0.1, 0.15) is 5.41 Å². The fourth-order valence-electron chi connectivity index (χ4n) is 3.50. The molecule has 3 rings (SSSR count). The van der Waals surface area contributed by atoms with Crippen molar-refractivity contribution < 1.29 is 10.0 Å². The van der Waals surface area contributed by atoms with Crippen molar-refractivity contribution >= 4 is 11.7 Å². The van der Waals surface area contributed by atoms with Gasteiger partial charge in [-0.2, -0.15) is 0 Å². The maximum absolute atomic E-state index is 12.8. The molecule has 1 aromatic carbocycles. The SMILES string of the molecule is CC1CC(C(=O)N2Cc3ccccc3C2)(/C(N)=N/O)C1. The Morgan fingerprint density at radius 1 is 1.35 bits per heavy atom. The van der Waals surface area contributed by atoms with E-state index in [4.69, 9.17) is 10.9 Å². The normalized spacial score (nSPS) is 28.9. The van der Waals surface area contributed by atoms with Gasteiger partial charge >= 0.3 is 0 Å². The highest BCUT2D eigenvalue weighted by atomic mass is 16.4. The van der Waals surface area contributed by atoms with Gasteiger partial charge in [0.2, 0.25) is 5.91 Å². The lowest BCUT2D eigenvalue weighted by molar-refractivity contribution is -0.145. The zero-order chi connectivity index (χ0) is 14.3. The number of benzene rings is 1. The lowest BCUT2D eigenvalue weighted by atomic mass is 9.61. The maximum Gasteiger partial charge on any atom is 0.237 e. The molecule has 1 heterocycles. The molecule has 1 aromatic rings. The zero-order valence-corrected chi connectivity index (χ0v) is 11.5. The van der Waals surface area contributed by atoms with E-state index in [0.717, 1.165) is 0 Å². The highest BCUT2D eigenvalue weighted by Crippen LogP contribution is 2.48. The van der Waals surface area contributed by atoms with Gasteiger partial charge in [-0.15, -0.1) is 0 Å². The topological polar surface area (TPSA) is 78.9 Å². The number of carbonyl (C=O) groups excluding carboxylic acids is 1. The van der Waals surface area contributed by atoms with E-state index in [1.807, 2.05) is 29.2 Å². The Kier molecular flexibility index (Phi) is 2.92. The van der Waals surface area contributed by atoms with Gasteiger partial charge in [0.25, 0.3) is 0 Å². The van der Waals surface area contributed by atoms with E-state index < -0.39 is 5.41 Å². The number of nitrogens with two attached hydrogens (primary N) is 1. The number of fused-ring (bicyclic) bond motifs is 1. The molecule has 2 aliphatic rings. The Labute approximate surface area is 118 Å². The number of rotatable bonds is 2. The summed E-state index contributed by atoms with van der Waals surface area (Å²) >= 11 is 0. The van der Waals surface area contributed by atoms with Crippen molar-refractivity contribution in [2.24, 2.45) is 22.2 Å². The van der Waals surface area contributed by atoms with Gasteiger partial charge in [-0.25, -0.2) is 0 Å². The predicted octanol–water partition coefficient (Wildman–Crippen LogP) is 1.69. The predicted molar refractivity (Wildman–Crippen MR) is 74.9 cm³/mol. The van der Waals surface area contributed by atoms with Crippen LogP contribution in [0.5, 0.6) is 0 Å². The molecule has 1 saturated carbocycles. The van der Waals surface area contributed by atoms with E-state index in [2.05, 4.69) is 12.1 Å². The van der Waals surface area contributed by atoms with Crippen LogP contribution in [0.3, 0.4) is 0 Å². The molecule has 5 heteroatoms. The highest BCUT2D eigenvalue weighted by Gasteiger charge is 2.54. The third-order valence-electron chi connectivity index (χ3n) is 4.53. The van der Waals surface area contributed by atoms with E-state index in [1.165, 1.54) is 11.1 Å². The van der Waals surface area contributed by atoms with Crippen molar-refractivity contribution in [2.75, 3.05) is 0 Å². The number of amides is 1. The number of nitrogens with zero attached hydrogens (tertiary/aromatic N) is 2. The number of hydrogen-bond acceptors (Lipinski definition) is 3. The van der Waals surface area contributed by atoms with Crippen LogP contribution in [0.1, 0.15) is 30.9 Å². The van der Waals surface area contributed by atoms with E-state index in [-0.39, 0.29) is 11.7 Å². The summed E-state index contributed by atoms with van der Waals surface area (Å²) in [5, 5.41) is 12.1. The van der Waals surface area contributed by atoms with Crippen LogP contribution in [0.2, 0.25) is 0 Å². The number of hydrogen-bond donors (Lipinski definition) is 2. The van der Waals surface area contributed by atoms with E-state index >= 15 is 0 Å². The van der Waals surface area contributed by atoms with Crippen LogP contribution in [0.15, 0.2) is 29.4 Å². The smallest absolute Gasteiger partial charge is 0.237 e. The third-order valence-corrected chi connectivity index (χ3v) is 4.53. The van der Waals surface area contributed by atoms with Gasteiger partial charge in [0.05, 0.1) is 0 Å². The van der Waals surface area contributed by atoms with Gasteiger partial charge in [-0.3, -0.25) is 4.79 Å². The molecule has 0 spiro atoms. The lowest BCUT2D eigenvalue weighted by Crippen LogP contribution is -2.56. The molecule has 1 fully saturated rings. The Morgan fingerprint density at radius 3 is 2.35 bits per heavy atom. The first-order valence-electron chi connectivity index (χ1n) is 6.91. The Balaban J connectivity index is 1.83. The van der Waals surface area contributed by atoms with E-state index in [0.29, 0.717) is 31.8 Å². The molecule has 106 valence electrons. The molecule has 0 atom stereocenters. The average Bonchev–Trinajstić information content (AvgIpc) is 2.85. The van der Waals surface area contributed by atoms with Crippen LogP contribution >= 0.6 is 0 Å². The molecular weight excluding hydrogens is 254 g/mol. The van der Waals surface area contributed by atoms with Gasteiger partial charge < -0.3 is 15.8 Å². The molecule has 1 aliphatic carbocycles. The molecule has 20 heavy (non-hydrogen) atoms. The molecular formula is C15H19N3O2. The van der Waals surface area contributed by atoms with Gasteiger partial charge in [0.15, 0.2) is 5.84 Å². The minimum Gasteiger partial charge on any atom is -0.409 e. The van der Waals surface area contributed by atoms with Crippen molar-refractivity contribution in [3.8, 4) is 0 Å². The molecule has 1 amide bonds. The van der Waals surface area contributed by atoms with Gasteiger partial charge in [-0.05, 0) is 29.9 Å². The quantitative estimate of drug-likeness (QED) is 0.372. The first-order valence-corrected chi connectivity index (χ1v) is 6.91. The minimum absolute atomic E-state index is 0.0119. The Morgan fingerprint density at radius 2 is 1.90 bits per heavy atom. The van der Waals surface area contributed by atoms with Crippen molar-refractivity contribution in [3.63, 3.8) is 0 Å². The molecule has 3 N–H and O–H groups in total. The number of amidine groups is 1. The standard InChI is InChI=1S/C15H19N3O2/c1-10-6-15(7-10,13(16)17-20)14(19)18-8-11-4-2-3-5-12(11)9-18/h2-5,10,20H,6-9H2,1H3,(H2,16,17). The fraction of sp³-hybridized carbons (Fsp3) is 0.467. The molecule has 0 unspecified atom stereocenters. The second-order valence-electron chi connectivity index (χ2n) is 6.01. The van der Waals surface area contributed by atoms with Crippen LogP contribution in [-0.4, -0.2) is 21.8 Å².